The van der Waals surface area contributed by atoms with E-state index in [4.69, 9.17) is 9.88 Å². The molecule has 20 heavy (non-hydrogen) atoms. The van der Waals surface area contributed by atoms with E-state index in [1.165, 1.54) is 17.0 Å². The zero-order chi connectivity index (χ0) is 15.3. The highest BCUT2D eigenvalue weighted by atomic mass is 32.2. The van der Waals surface area contributed by atoms with Crippen molar-refractivity contribution in [1.82, 2.24) is 4.90 Å². The summed E-state index contributed by atoms with van der Waals surface area (Å²) in [7, 11) is -2.39. The molecule has 1 amide bonds. The molecule has 2 N–H and O–H groups in total. The Bertz CT molecular complexity index is 584. The van der Waals surface area contributed by atoms with E-state index in [1.807, 2.05) is 6.92 Å². The molecule has 0 radical (unpaired) electrons. The fraction of sp³-hybridized carbons (Fsp3) is 0.462. The van der Waals surface area contributed by atoms with Gasteiger partial charge in [-0.05, 0) is 26.0 Å². The van der Waals surface area contributed by atoms with Gasteiger partial charge in [0.2, 0.25) is 10.0 Å². The van der Waals surface area contributed by atoms with Gasteiger partial charge in [0.25, 0.3) is 5.91 Å². The highest BCUT2D eigenvalue weighted by Gasteiger charge is 2.22. The van der Waals surface area contributed by atoms with Crippen molar-refractivity contribution in [3.63, 3.8) is 0 Å². The summed E-state index contributed by atoms with van der Waals surface area (Å²) in [5.41, 5.74) is 0.897. The molecule has 0 saturated heterocycles. The third-order valence-electron chi connectivity index (χ3n) is 2.91. The quantitative estimate of drug-likeness (QED) is 0.839. The van der Waals surface area contributed by atoms with Crippen molar-refractivity contribution in [2.75, 3.05) is 26.8 Å². The van der Waals surface area contributed by atoms with Crippen molar-refractivity contribution < 1.29 is 17.9 Å². The van der Waals surface area contributed by atoms with Crippen molar-refractivity contribution in [3.05, 3.63) is 29.3 Å². The molecule has 0 aliphatic heterocycles. The molecule has 0 aromatic heterocycles. The van der Waals surface area contributed by atoms with Gasteiger partial charge in [0.1, 0.15) is 0 Å². The number of hydrogen-bond acceptors (Lipinski definition) is 4. The minimum atomic E-state index is -3.94. The minimum absolute atomic E-state index is 0.102. The van der Waals surface area contributed by atoms with Crippen LogP contribution in [0.4, 0.5) is 0 Å². The first-order chi connectivity index (χ1) is 9.31. The fourth-order valence-corrected chi connectivity index (χ4v) is 2.54. The third kappa shape index (κ3) is 4.03. The summed E-state index contributed by atoms with van der Waals surface area (Å²) >= 11 is 0. The number of methoxy groups -OCH3 is 1. The smallest absolute Gasteiger partial charge is 0.255 e. The Morgan fingerprint density at radius 1 is 1.40 bits per heavy atom. The number of aryl methyl sites for hydroxylation is 1. The summed E-state index contributed by atoms with van der Waals surface area (Å²) < 4.78 is 28.1. The van der Waals surface area contributed by atoms with Gasteiger partial charge in [0.15, 0.2) is 0 Å². The van der Waals surface area contributed by atoms with E-state index < -0.39 is 10.0 Å². The number of amides is 1. The molecule has 0 spiro atoms. The molecule has 0 unspecified atom stereocenters. The zero-order valence-electron chi connectivity index (χ0n) is 11.9. The largest absolute Gasteiger partial charge is 0.383 e. The van der Waals surface area contributed by atoms with E-state index in [1.54, 1.807) is 20.1 Å². The molecule has 0 bridgehead atoms. The SMILES string of the molecule is CCN(CCOC)C(=O)c1cc(C)ccc1S(N)(=O)=O. The molecule has 0 fully saturated rings. The Labute approximate surface area is 119 Å². The Balaban J connectivity index is 3.23. The number of nitrogens with two attached hydrogens (primary N) is 1. The van der Waals surface area contributed by atoms with Gasteiger partial charge in [-0.2, -0.15) is 0 Å². The van der Waals surface area contributed by atoms with E-state index >= 15 is 0 Å². The van der Waals surface area contributed by atoms with Crippen molar-refractivity contribution in [2.24, 2.45) is 5.14 Å². The Hall–Kier alpha value is -1.44. The van der Waals surface area contributed by atoms with Gasteiger partial charge in [-0.25, -0.2) is 13.6 Å². The van der Waals surface area contributed by atoms with Crippen LogP contribution in [0.15, 0.2) is 23.1 Å². The number of hydrogen-bond donors (Lipinski definition) is 1. The van der Waals surface area contributed by atoms with Crippen LogP contribution in [0.25, 0.3) is 0 Å². The van der Waals surface area contributed by atoms with Gasteiger partial charge >= 0.3 is 0 Å². The topological polar surface area (TPSA) is 89.7 Å². The van der Waals surface area contributed by atoms with E-state index in [9.17, 15) is 13.2 Å². The maximum Gasteiger partial charge on any atom is 0.255 e. The molecule has 112 valence electrons. The average molecular weight is 300 g/mol. The number of primary sulfonamides is 1. The van der Waals surface area contributed by atoms with Gasteiger partial charge in [0.05, 0.1) is 17.1 Å². The summed E-state index contributed by atoms with van der Waals surface area (Å²) in [5, 5.41) is 5.16. The van der Waals surface area contributed by atoms with E-state index in [2.05, 4.69) is 0 Å². The zero-order valence-corrected chi connectivity index (χ0v) is 12.7. The number of nitrogens with zero attached hydrogens (tertiary/aromatic N) is 1. The maximum absolute atomic E-state index is 12.5. The predicted molar refractivity (Wildman–Crippen MR) is 76.0 cm³/mol. The van der Waals surface area contributed by atoms with Crippen LogP contribution in [0.2, 0.25) is 0 Å². The molecule has 7 heteroatoms. The van der Waals surface area contributed by atoms with Gasteiger partial charge in [0, 0.05) is 20.2 Å². The molecule has 0 atom stereocenters. The second-order valence-corrected chi connectivity index (χ2v) is 5.95. The Morgan fingerprint density at radius 2 is 2.05 bits per heavy atom. The Morgan fingerprint density at radius 3 is 2.55 bits per heavy atom. The number of carbonyl (C=O) groups excluding carboxylic acids is 1. The van der Waals surface area contributed by atoms with Crippen LogP contribution in [0.5, 0.6) is 0 Å². The lowest BCUT2D eigenvalue weighted by Crippen LogP contribution is -2.35. The van der Waals surface area contributed by atoms with Crippen LogP contribution >= 0.6 is 0 Å². The standard InChI is InChI=1S/C13H20N2O4S/c1-4-15(7-8-19-3)13(16)11-9-10(2)5-6-12(11)20(14,17)18/h5-6,9H,4,7-8H2,1-3H3,(H2,14,17,18). The maximum atomic E-state index is 12.5. The highest BCUT2D eigenvalue weighted by molar-refractivity contribution is 7.89. The lowest BCUT2D eigenvalue weighted by atomic mass is 10.1. The summed E-state index contributed by atoms with van der Waals surface area (Å²) in [6, 6.07) is 4.52. The van der Waals surface area contributed by atoms with Gasteiger partial charge in [-0.15, -0.1) is 0 Å². The van der Waals surface area contributed by atoms with Crippen LogP contribution in [-0.4, -0.2) is 46.0 Å². The molecule has 6 nitrogen and oxygen atoms in total. The normalized spacial score (nSPS) is 11.4. The molecule has 0 heterocycles. The average Bonchev–Trinajstić information content (AvgIpc) is 2.37. The van der Waals surface area contributed by atoms with Crippen LogP contribution in [0.3, 0.4) is 0 Å². The molecule has 0 aliphatic carbocycles. The summed E-state index contributed by atoms with van der Waals surface area (Å²) in [4.78, 5) is 13.8. The Kier molecular flexibility index (Phi) is 5.67. The lowest BCUT2D eigenvalue weighted by Gasteiger charge is -2.21. The molecule has 1 aromatic carbocycles. The van der Waals surface area contributed by atoms with Gasteiger partial charge in [-0.1, -0.05) is 11.6 Å². The first kappa shape index (κ1) is 16.6. The van der Waals surface area contributed by atoms with E-state index in [0.717, 1.165) is 5.56 Å². The summed E-state index contributed by atoms with van der Waals surface area (Å²) in [6.07, 6.45) is 0. The number of sulfonamides is 1. The number of ether oxygens (including phenoxy) is 1. The summed E-state index contributed by atoms with van der Waals surface area (Å²) in [5.74, 6) is -0.364. The van der Waals surface area contributed by atoms with E-state index in [0.29, 0.717) is 19.7 Å². The number of rotatable bonds is 6. The van der Waals surface area contributed by atoms with Crippen molar-refractivity contribution >= 4 is 15.9 Å². The first-order valence-corrected chi connectivity index (χ1v) is 7.77. The lowest BCUT2D eigenvalue weighted by molar-refractivity contribution is 0.0702. The van der Waals surface area contributed by atoms with Crippen molar-refractivity contribution in [1.29, 1.82) is 0 Å². The van der Waals surface area contributed by atoms with E-state index in [-0.39, 0.29) is 16.4 Å². The first-order valence-electron chi connectivity index (χ1n) is 6.23. The van der Waals surface area contributed by atoms with Crippen molar-refractivity contribution in [2.45, 2.75) is 18.7 Å². The molecule has 0 aliphatic rings. The second kappa shape index (κ2) is 6.83. The van der Waals surface area contributed by atoms with Gasteiger partial charge in [-0.3, -0.25) is 4.79 Å². The number of likely N-dealkylation sites (N-methyl/N-ethyl adjacent to an activating group) is 1. The van der Waals surface area contributed by atoms with Crippen molar-refractivity contribution in [3.8, 4) is 0 Å². The number of carbonyl (C=O) groups is 1. The summed E-state index contributed by atoms with van der Waals surface area (Å²) in [6.45, 7) is 4.84. The monoisotopic (exact) mass is 300 g/mol. The van der Waals surface area contributed by atoms with Crippen LogP contribution in [-0.2, 0) is 14.8 Å². The fourth-order valence-electron chi connectivity index (χ4n) is 1.83. The predicted octanol–water partition coefficient (Wildman–Crippen LogP) is 0.751. The molecule has 1 aromatic rings. The second-order valence-electron chi connectivity index (χ2n) is 4.42. The highest BCUT2D eigenvalue weighted by Crippen LogP contribution is 2.18. The van der Waals surface area contributed by atoms with Crippen LogP contribution < -0.4 is 5.14 Å². The number of benzene rings is 1. The molecular formula is C13H20N2O4S. The minimum Gasteiger partial charge on any atom is -0.383 e. The van der Waals surface area contributed by atoms with Gasteiger partial charge < -0.3 is 9.64 Å². The molecular weight excluding hydrogens is 280 g/mol. The third-order valence-corrected chi connectivity index (χ3v) is 3.88. The van der Waals surface area contributed by atoms with Crippen LogP contribution in [0, 0.1) is 6.92 Å². The molecule has 0 saturated carbocycles. The molecule has 1 rings (SSSR count). The van der Waals surface area contributed by atoms with Crippen LogP contribution in [0.1, 0.15) is 22.8 Å².